The van der Waals surface area contributed by atoms with E-state index in [4.69, 9.17) is 4.74 Å². The first-order chi connectivity index (χ1) is 9.33. The summed E-state index contributed by atoms with van der Waals surface area (Å²) in [7, 11) is 0. The molecule has 100 valence electrons. The topological polar surface area (TPSA) is 55.6 Å². The fourth-order valence-electron chi connectivity index (χ4n) is 2.36. The minimum atomic E-state index is -0.0421. The second kappa shape index (κ2) is 5.50. The summed E-state index contributed by atoms with van der Waals surface area (Å²) in [5.74, 6) is 0. The summed E-state index contributed by atoms with van der Waals surface area (Å²) < 4.78 is 7.08. The summed E-state index contributed by atoms with van der Waals surface area (Å²) >= 11 is 0. The molecule has 1 fully saturated rings. The maximum atomic E-state index is 11.9. The van der Waals surface area contributed by atoms with Gasteiger partial charge in [-0.15, -0.1) is 0 Å². The molecule has 1 aliphatic rings. The van der Waals surface area contributed by atoms with E-state index in [-0.39, 0.29) is 5.56 Å². The summed E-state index contributed by atoms with van der Waals surface area (Å²) in [6.45, 7) is 2.28. The van der Waals surface area contributed by atoms with Crippen LogP contribution in [0, 0.1) is 0 Å². The lowest BCUT2D eigenvalue weighted by molar-refractivity contribution is 0.110. The Morgan fingerprint density at radius 3 is 3.26 bits per heavy atom. The highest BCUT2D eigenvalue weighted by Gasteiger charge is 2.14. The zero-order chi connectivity index (χ0) is 13.1. The predicted octanol–water partition coefficient (Wildman–Crippen LogP) is 0.963. The lowest BCUT2D eigenvalue weighted by Gasteiger charge is -2.10. The molecule has 0 spiro atoms. The molecule has 0 aliphatic carbocycles. The van der Waals surface area contributed by atoms with Crippen molar-refractivity contribution >= 4 is 5.65 Å². The Balaban J connectivity index is 1.69. The van der Waals surface area contributed by atoms with E-state index in [1.54, 1.807) is 16.7 Å². The molecule has 3 heterocycles. The van der Waals surface area contributed by atoms with Gasteiger partial charge in [-0.05, 0) is 25.0 Å². The van der Waals surface area contributed by atoms with Crippen molar-refractivity contribution in [2.24, 2.45) is 0 Å². The molecule has 1 aliphatic heterocycles. The Labute approximate surface area is 111 Å². The smallest absolute Gasteiger partial charge is 0.258 e. The van der Waals surface area contributed by atoms with Gasteiger partial charge in [-0.3, -0.25) is 9.20 Å². The van der Waals surface area contributed by atoms with Crippen LogP contribution in [0.25, 0.3) is 5.65 Å². The van der Waals surface area contributed by atoms with Gasteiger partial charge in [-0.25, -0.2) is 4.98 Å². The van der Waals surface area contributed by atoms with Crippen LogP contribution in [0.3, 0.4) is 0 Å². The van der Waals surface area contributed by atoms with E-state index in [1.165, 1.54) is 0 Å². The van der Waals surface area contributed by atoms with Crippen LogP contribution >= 0.6 is 0 Å². The molecule has 1 atom stereocenters. The zero-order valence-corrected chi connectivity index (χ0v) is 10.7. The molecule has 5 nitrogen and oxygen atoms in total. The third kappa shape index (κ3) is 2.83. The minimum absolute atomic E-state index is 0.0421. The summed E-state index contributed by atoms with van der Waals surface area (Å²) in [6.07, 6.45) is 4.29. The van der Waals surface area contributed by atoms with Gasteiger partial charge in [0.1, 0.15) is 5.65 Å². The first-order valence-electron chi connectivity index (χ1n) is 6.62. The average Bonchev–Trinajstić information content (AvgIpc) is 2.92. The molecule has 1 N–H and O–H groups in total. The van der Waals surface area contributed by atoms with Crippen LogP contribution in [-0.2, 0) is 11.3 Å². The molecule has 1 unspecified atom stereocenters. The maximum Gasteiger partial charge on any atom is 0.258 e. The Kier molecular flexibility index (Phi) is 3.57. The van der Waals surface area contributed by atoms with Gasteiger partial charge in [-0.2, -0.15) is 0 Å². The van der Waals surface area contributed by atoms with Gasteiger partial charge in [-0.1, -0.05) is 6.07 Å². The van der Waals surface area contributed by atoms with Crippen LogP contribution in [0.5, 0.6) is 0 Å². The molecule has 0 bridgehead atoms. The number of fused-ring (bicyclic) bond motifs is 1. The molecule has 0 radical (unpaired) electrons. The van der Waals surface area contributed by atoms with Crippen molar-refractivity contribution in [3.05, 3.63) is 46.5 Å². The molecular weight excluding hydrogens is 242 g/mol. The van der Waals surface area contributed by atoms with Crippen molar-refractivity contribution < 1.29 is 4.74 Å². The van der Waals surface area contributed by atoms with E-state index in [0.717, 1.165) is 31.7 Å². The Morgan fingerprint density at radius 1 is 1.47 bits per heavy atom. The monoisotopic (exact) mass is 259 g/mol. The van der Waals surface area contributed by atoms with Crippen LogP contribution in [0.2, 0.25) is 0 Å². The van der Waals surface area contributed by atoms with E-state index in [2.05, 4.69) is 10.3 Å². The predicted molar refractivity (Wildman–Crippen MR) is 72.1 cm³/mol. The van der Waals surface area contributed by atoms with Crippen LogP contribution in [-0.4, -0.2) is 28.6 Å². The molecular formula is C14H17N3O2. The van der Waals surface area contributed by atoms with E-state index < -0.39 is 0 Å². The molecule has 5 heteroatoms. The molecule has 19 heavy (non-hydrogen) atoms. The number of rotatable bonds is 4. The SMILES string of the molecule is O=c1cc(CNCC2CCCO2)nc2ccccn12. The van der Waals surface area contributed by atoms with Crippen molar-refractivity contribution in [1.82, 2.24) is 14.7 Å². The van der Waals surface area contributed by atoms with Crippen molar-refractivity contribution in [1.29, 1.82) is 0 Å². The van der Waals surface area contributed by atoms with E-state index in [9.17, 15) is 4.79 Å². The number of pyridine rings is 1. The van der Waals surface area contributed by atoms with E-state index >= 15 is 0 Å². The summed E-state index contributed by atoms with van der Waals surface area (Å²) in [5.41, 5.74) is 1.41. The number of nitrogens with one attached hydrogen (secondary N) is 1. The Hall–Kier alpha value is -1.72. The van der Waals surface area contributed by atoms with E-state index in [1.807, 2.05) is 18.2 Å². The van der Waals surface area contributed by atoms with Crippen LogP contribution in [0.1, 0.15) is 18.5 Å². The summed E-state index contributed by atoms with van der Waals surface area (Å²) in [5, 5.41) is 3.30. The van der Waals surface area contributed by atoms with Gasteiger partial charge in [0.05, 0.1) is 11.8 Å². The number of aromatic nitrogens is 2. The second-order valence-electron chi connectivity index (χ2n) is 4.78. The quantitative estimate of drug-likeness (QED) is 0.888. The highest BCUT2D eigenvalue weighted by molar-refractivity contribution is 5.37. The third-order valence-electron chi connectivity index (χ3n) is 3.33. The number of hydrogen-bond acceptors (Lipinski definition) is 4. The van der Waals surface area contributed by atoms with Gasteiger partial charge in [0, 0.05) is 32.0 Å². The van der Waals surface area contributed by atoms with Gasteiger partial charge in [0.15, 0.2) is 0 Å². The Morgan fingerprint density at radius 2 is 2.42 bits per heavy atom. The number of nitrogens with zero attached hydrogens (tertiary/aromatic N) is 2. The van der Waals surface area contributed by atoms with Crippen LogP contribution in [0.4, 0.5) is 0 Å². The zero-order valence-electron chi connectivity index (χ0n) is 10.7. The molecule has 2 aromatic rings. The lowest BCUT2D eigenvalue weighted by atomic mass is 10.2. The highest BCUT2D eigenvalue weighted by Crippen LogP contribution is 2.10. The van der Waals surface area contributed by atoms with Crippen molar-refractivity contribution in [3.63, 3.8) is 0 Å². The van der Waals surface area contributed by atoms with Crippen LogP contribution in [0.15, 0.2) is 35.3 Å². The fourth-order valence-corrected chi connectivity index (χ4v) is 2.36. The fraction of sp³-hybridized carbons (Fsp3) is 0.429. The van der Waals surface area contributed by atoms with Crippen molar-refractivity contribution in [2.75, 3.05) is 13.2 Å². The molecule has 1 saturated heterocycles. The second-order valence-corrected chi connectivity index (χ2v) is 4.78. The average molecular weight is 259 g/mol. The Bertz CT molecular complexity index is 617. The summed E-state index contributed by atoms with van der Waals surface area (Å²) in [4.78, 5) is 16.3. The van der Waals surface area contributed by atoms with Gasteiger partial charge in [0.2, 0.25) is 0 Å². The van der Waals surface area contributed by atoms with Gasteiger partial charge in [0.25, 0.3) is 5.56 Å². The van der Waals surface area contributed by atoms with Crippen molar-refractivity contribution in [3.8, 4) is 0 Å². The largest absolute Gasteiger partial charge is 0.377 e. The lowest BCUT2D eigenvalue weighted by Crippen LogP contribution is -2.27. The van der Waals surface area contributed by atoms with Gasteiger partial charge < -0.3 is 10.1 Å². The maximum absolute atomic E-state index is 11.9. The highest BCUT2D eigenvalue weighted by atomic mass is 16.5. The van der Waals surface area contributed by atoms with Crippen LogP contribution < -0.4 is 10.9 Å². The molecule has 0 saturated carbocycles. The van der Waals surface area contributed by atoms with Crippen molar-refractivity contribution in [2.45, 2.75) is 25.5 Å². The molecule has 3 rings (SSSR count). The molecule has 2 aromatic heterocycles. The standard InChI is InChI=1S/C14H17N3O2/c18-14-8-11(9-15-10-12-4-3-7-19-12)16-13-5-1-2-6-17(13)14/h1-2,5-6,8,12,15H,3-4,7,9-10H2. The first kappa shape index (κ1) is 12.3. The minimum Gasteiger partial charge on any atom is -0.377 e. The van der Waals surface area contributed by atoms with Gasteiger partial charge >= 0.3 is 0 Å². The number of ether oxygens (including phenoxy) is 1. The number of hydrogen-bond donors (Lipinski definition) is 1. The normalized spacial score (nSPS) is 19.1. The van der Waals surface area contributed by atoms with E-state index in [0.29, 0.717) is 18.3 Å². The molecule has 0 amide bonds. The summed E-state index contributed by atoms with van der Waals surface area (Å²) in [6, 6.07) is 7.12. The first-order valence-corrected chi connectivity index (χ1v) is 6.62. The third-order valence-corrected chi connectivity index (χ3v) is 3.33. The molecule has 0 aromatic carbocycles.